The lowest BCUT2D eigenvalue weighted by molar-refractivity contribution is -0.141. The highest BCUT2D eigenvalue weighted by atomic mass is 16.6. The van der Waals surface area contributed by atoms with E-state index in [-0.39, 0.29) is 30.2 Å². The van der Waals surface area contributed by atoms with Gasteiger partial charge in [-0.15, -0.1) is 0 Å². The number of nitrogen functional groups attached to an aromatic ring is 1. The van der Waals surface area contributed by atoms with Gasteiger partial charge in [-0.1, -0.05) is 66.7 Å². The van der Waals surface area contributed by atoms with Gasteiger partial charge < -0.3 is 36.3 Å². The van der Waals surface area contributed by atoms with Crippen LogP contribution in [0.4, 0.5) is 15.4 Å². The number of hydrogen-bond acceptors (Lipinski definition) is 10. The number of likely N-dealkylation sites (tertiary alicyclic amines) is 2. The third-order valence-electron chi connectivity index (χ3n) is 9.80. The number of aliphatic carboxylic acids is 1. The highest BCUT2D eigenvalue weighted by Gasteiger charge is 2.44. The van der Waals surface area contributed by atoms with Crippen molar-refractivity contribution < 1.29 is 43.3 Å². The second-order valence-corrected chi connectivity index (χ2v) is 17.1. The van der Waals surface area contributed by atoms with E-state index in [0.717, 1.165) is 16.7 Å². The molecule has 324 valence electrons. The number of nitrogens with two attached hydrogens (primary N) is 1. The topological polar surface area (TPSA) is 223 Å². The maximum atomic E-state index is 13.2. The smallest absolute Gasteiger partial charge is 0.410 e. The number of pyridine rings is 1. The average molecular weight is 830 g/mol. The fourth-order valence-corrected chi connectivity index (χ4v) is 6.78. The molecule has 1 aromatic heterocycles. The van der Waals surface area contributed by atoms with Crippen LogP contribution in [-0.4, -0.2) is 104 Å². The van der Waals surface area contributed by atoms with Gasteiger partial charge in [-0.25, -0.2) is 14.6 Å². The second-order valence-electron chi connectivity index (χ2n) is 17.1. The Kier molecular flexibility index (Phi) is 15.6. The van der Waals surface area contributed by atoms with Crippen LogP contribution in [0.15, 0.2) is 79.0 Å². The minimum Gasteiger partial charge on any atom is -0.480 e. The van der Waals surface area contributed by atoms with Gasteiger partial charge in [0.05, 0.1) is 0 Å². The van der Waals surface area contributed by atoms with Gasteiger partial charge in [0.25, 0.3) is 0 Å². The minimum absolute atomic E-state index is 0.00776. The van der Waals surface area contributed by atoms with Crippen LogP contribution in [0.1, 0.15) is 96.8 Å². The normalized spacial score (nSPS) is 19.8. The molecule has 0 unspecified atom stereocenters. The first-order chi connectivity index (χ1) is 28.1. The molecule has 5 amide bonds. The van der Waals surface area contributed by atoms with Crippen molar-refractivity contribution in [2.45, 2.75) is 122 Å². The molecule has 2 aliphatic rings. The Balaban J connectivity index is 0.000000275. The van der Waals surface area contributed by atoms with E-state index in [1.54, 1.807) is 66.8 Å². The van der Waals surface area contributed by atoms with Crippen molar-refractivity contribution in [3.8, 4) is 0 Å². The lowest BCUT2D eigenvalue weighted by Gasteiger charge is -2.28. The number of amides is 5. The number of carbonyl (C=O) groups is 6. The first kappa shape index (κ1) is 46.5. The van der Waals surface area contributed by atoms with E-state index in [9.17, 15) is 28.8 Å². The van der Waals surface area contributed by atoms with Crippen LogP contribution in [-0.2, 0) is 35.2 Å². The molecule has 3 aromatic rings. The van der Waals surface area contributed by atoms with Crippen molar-refractivity contribution >= 4 is 41.7 Å². The summed E-state index contributed by atoms with van der Waals surface area (Å²) in [5.41, 5.74) is 7.08. The Morgan fingerprint density at radius 3 is 1.53 bits per heavy atom. The van der Waals surface area contributed by atoms with E-state index in [1.807, 2.05) is 60.7 Å². The van der Waals surface area contributed by atoms with E-state index < -0.39 is 59.4 Å². The van der Waals surface area contributed by atoms with Crippen molar-refractivity contribution in [2.24, 2.45) is 0 Å². The number of rotatable bonds is 10. The van der Waals surface area contributed by atoms with Gasteiger partial charge in [0.15, 0.2) is 0 Å². The SMILES string of the molecule is C[C@H](NC(=O)[C@H]1C[C@@H](c2ccccc2)CN1C(=O)OC(C)(C)C)C(=O)NCc1ccc(N)nc1.C[C@H](NC(=O)[C@H]1C[C@@H](c2ccccc2)CN1C(=O)OC(C)(C)C)C(=O)O. The third kappa shape index (κ3) is 13.7. The Bertz CT molecular complexity index is 1950. The number of aromatic nitrogens is 1. The fraction of sp³-hybridized carbons (Fsp3) is 0.477. The van der Waals surface area contributed by atoms with Gasteiger partial charge in [0.2, 0.25) is 17.7 Å². The molecule has 0 spiro atoms. The van der Waals surface area contributed by atoms with Crippen molar-refractivity contribution in [3.63, 3.8) is 0 Å². The van der Waals surface area contributed by atoms with E-state index >= 15 is 0 Å². The molecule has 5 rings (SSSR count). The summed E-state index contributed by atoms with van der Waals surface area (Å²) in [6.45, 7) is 14.6. The van der Waals surface area contributed by atoms with Crippen molar-refractivity contribution in [2.75, 3.05) is 18.8 Å². The largest absolute Gasteiger partial charge is 0.480 e. The van der Waals surface area contributed by atoms with Crippen LogP contribution >= 0.6 is 0 Å². The van der Waals surface area contributed by atoms with Gasteiger partial charge in [-0.2, -0.15) is 0 Å². The number of ether oxygens (including phenoxy) is 2. The maximum Gasteiger partial charge on any atom is 0.410 e. The number of carboxylic acids is 1. The molecule has 16 heteroatoms. The summed E-state index contributed by atoms with van der Waals surface area (Å²) in [5, 5.41) is 17.0. The predicted octanol–water partition coefficient (Wildman–Crippen LogP) is 4.95. The minimum atomic E-state index is -1.13. The van der Waals surface area contributed by atoms with Crippen LogP contribution in [0.2, 0.25) is 0 Å². The summed E-state index contributed by atoms with van der Waals surface area (Å²) >= 11 is 0. The van der Waals surface area contributed by atoms with Crippen molar-refractivity contribution in [1.29, 1.82) is 0 Å². The summed E-state index contributed by atoms with van der Waals surface area (Å²) in [6, 6.07) is 19.5. The van der Waals surface area contributed by atoms with Crippen LogP contribution < -0.4 is 21.7 Å². The zero-order valence-corrected chi connectivity index (χ0v) is 35.6. The summed E-state index contributed by atoms with van der Waals surface area (Å²) in [5.74, 6) is -1.96. The van der Waals surface area contributed by atoms with E-state index in [1.165, 1.54) is 16.7 Å². The number of anilines is 1. The number of carbonyl (C=O) groups excluding carboxylic acids is 5. The van der Waals surface area contributed by atoms with E-state index in [4.69, 9.17) is 20.3 Å². The molecule has 60 heavy (non-hydrogen) atoms. The van der Waals surface area contributed by atoms with Crippen LogP contribution in [0.5, 0.6) is 0 Å². The predicted molar refractivity (Wildman–Crippen MR) is 224 cm³/mol. The molecular weight excluding hydrogens is 771 g/mol. The summed E-state index contributed by atoms with van der Waals surface area (Å²) in [7, 11) is 0. The Morgan fingerprint density at radius 1 is 0.717 bits per heavy atom. The Morgan fingerprint density at radius 2 is 1.15 bits per heavy atom. The zero-order chi connectivity index (χ0) is 44.4. The molecule has 0 aliphatic carbocycles. The molecule has 2 aromatic carbocycles. The van der Waals surface area contributed by atoms with Gasteiger partial charge in [0, 0.05) is 37.7 Å². The molecule has 6 N–H and O–H groups in total. The fourth-order valence-electron chi connectivity index (χ4n) is 6.78. The standard InChI is InChI=1S/C25H33N5O4.C19H26N2O5/c1-16(22(31)28-14-17-10-11-21(26)27-13-17)29-23(32)20-12-19(18-8-6-5-7-9-18)15-30(20)24(33)34-25(2,3)4;1-12(17(23)24)20-16(22)15-10-14(13-8-6-5-7-9-13)11-21(15)18(25)26-19(2,3)4/h5-11,13,16,19-20H,12,14-15H2,1-4H3,(H2,26,27)(H,28,31)(H,29,32);5-9,12,14-15H,10-11H2,1-4H3,(H,20,22)(H,23,24)/t16-,19+,20+;12-,14+,15+/m00/s1. The summed E-state index contributed by atoms with van der Waals surface area (Å²) < 4.78 is 11.0. The van der Waals surface area contributed by atoms with Crippen molar-refractivity contribution in [3.05, 3.63) is 95.7 Å². The summed E-state index contributed by atoms with van der Waals surface area (Å²) in [4.78, 5) is 81.6. The Hall–Kier alpha value is -6.19. The quantitative estimate of drug-likeness (QED) is 0.184. The molecule has 3 heterocycles. The molecular formula is C44H59N7O9. The monoisotopic (exact) mass is 829 g/mol. The highest BCUT2D eigenvalue weighted by Crippen LogP contribution is 2.34. The Labute approximate surface area is 351 Å². The molecule has 0 radical (unpaired) electrons. The highest BCUT2D eigenvalue weighted by molar-refractivity contribution is 5.92. The number of nitrogens with one attached hydrogen (secondary N) is 3. The molecule has 0 bridgehead atoms. The van der Waals surface area contributed by atoms with Crippen LogP contribution in [0.3, 0.4) is 0 Å². The zero-order valence-electron chi connectivity index (χ0n) is 35.6. The second kappa shape index (κ2) is 20.2. The molecule has 16 nitrogen and oxygen atoms in total. The van der Waals surface area contributed by atoms with Crippen molar-refractivity contribution in [1.82, 2.24) is 30.7 Å². The number of nitrogens with zero attached hydrogens (tertiary/aromatic N) is 3. The van der Waals surface area contributed by atoms with Gasteiger partial charge >= 0.3 is 18.2 Å². The number of hydrogen-bond donors (Lipinski definition) is 5. The molecule has 2 fully saturated rings. The first-order valence-electron chi connectivity index (χ1n) is 20.0. The first-order valence-corrected chi connectivity index (χ1v) is 20.0. The average Bonchev–Trinajstić information content (AvgIpc) is 3.84. The van der Waals surface area contributed by atoms with Crippen LogP contribution in [0, 0.1) is 0 Å². The number of carboxylic acid groups (broad SMARTS) is 1. The third-order valence-corrected chi connectivity index (χ3v) is 9.80. The molecule has 6 atom stereocenters. The van der Waals surface area contributed by atoms with Gasteiger partial charge in [-0.3, -0.25) is 29.0 Å². The lowest BCUT2D eigenvalue weighted by Crippen LogP contribution is -2.52. The van der Waals surface area contributed by atoms with Crippen LogP contribution in [0.25, 0.3) is 0 Å². The summed E-state index contributed by atoms with van der Waals surface area (Å²) in [6.07, 6.45) is 1.33. The van der Waals surface area contributed by atoms with E-state index in [0.29, 0.717) is 31.7 Å². The van der Waals surface area contributed by atoms with Gasteiger partial charge in [0.1, 0.15) is 41.2 Å². The molecule has 0 saturated carbocycles. The molecule has 2 saturated heterocycles. The van der Waals surface area contributed by atoms with E-state index in [2.05, 4.69) is 20.9 Å². The molecule has 2 aliphatic heterocycles. The van der Waals surface area contributed by atoms with Gasteiger partial charge in [-0.05, 0) is 91.0 Å². The lowest BCUT2D eigenvalue weighted by atomic mass is 9.96. The maximum absolute atomic E-state index is 13.2. The number of benzene rings is 2.